The van der Waals surface area contributed by atoms with Gasteiger partial charge in [-0.25, -0.2) is 0 Å². The van der Waals surface area contributed by atoms with Crippen molar-refractivity contribution in [3.05, 3.63) is 83.4 Å². The van der Waals surface area contributed by atoms with Crippen LogP contribution >= 0.6 is 0 Å². The van der Waals surface area contributed by atoms with E-state index >= 15 is 0 Å². The molecule has 0 saturated heterocycles. The average molecular weight is 282 g/mol. The first kappa shape index (κ1) is 11.7. The quantitative estimate of drug-likeness (QED) is 0.867. The van der Waals surface area contributed by atoms with Crippen LogP contribution in [0.1, 0.15) is 26.7 Å². The fourth-order valence-corrected chi connectivity index (χ4v) is 2.99. The van der Waals surface area contributed by atoms with Crippen molar-refractivity contribution in [2.45, 2.75) is 24.5 Å². The van der Waals surface area contributed by atoms with Gasteiger partial charge in [0.15, 0.2) is 0 Å². The van der Waals surface area contributed by atoms with Crippen molar-refractivity contribution in [3.63, 3.8) is 0 Å². The van der Waals surface area contributed by atoms with Crippen LogP contribution in [0.15, 0.2) is 72.3 Å². The summed E-state index contributed by atoms with van der Waals surface area (Å²) in [5, 5.41) is 10.6. The number of aliphatic hydroxyl groups excluding tert-OH is 1. The van der Waals surface area contributed by atoms with Gasteiger partial charge in [0.1, 0.15) is 5.60 Å². The van der Waals surface area contributed by atoms with E-state index < -0.39 is 24.5 Å². The molecule has 2 heteroatoms. The molecule has 0 aliphatic heterocycles. The molecule has 1 aliphatic carbocycles. The van der Waals surface area contributed by atoms with Crippen molar-refractivity contribution in [1.82, 2.24) is 0 Å². The number of hydrogen-bond acceptors (Lipinski definition) is 2. The van der Waals surface area contributed by atoms with Crippen molar-refractivity contribution in [2.75, 3.05) is 7.11 Å². The van der Waals surface area contributed by atoms with Crippen LogP contribution in [0, 0.1) is 0 Å². The molecule has 2 aromatic carbocycles. The van der Waals surface area contributed by atoms with E-state index in [1.165, 1.54) is 0 Å². The second kappa shape index (κ2) is 5.84. The molecular weight excluding hydrogens is 260 g/mol. The Hall–Kier alpha value is -1.90. The van der Waals surface area contributed by atoms with Crippen LogP contribution in [0.4, 0.5) is 0 Å². The smallest absolute Gasteiger partial charge is 0.141 e. The van der Waals surface area contributed by atoms with E-state index in [2.05, 4.69) is 0 Å². The second-order valence-corrected chi connectivity index (χ2v) is 5.07. The summed E-state index contributed by atoms with van der Waals surface area (Å²) in [7, 11) is 1.60. The highest BCUT2D eigenvalue weighted by molar-refractivity contribution is 5.47. The summed E-state index contributed by atoms with van der Waals surface area (Å²) in [6.07, 6.45) is -1.03. The number of allylic oxidation sites excluding steroid dienone is 1. The summed E-state index contributed by atoms with van der Waals surface area (Å²) in [5.41, 5.74) is 1.33. The van der Waals surface area contributed by atoms with Gasteiger partial charge in [-0.1, -0.05) is 66.7 Å². The first-order chi connectivity index (χ1) is 11.1. The molecule has 0 radical (unpaired) electrons. The Morgan fingerprint density at radius 2 is 1.57 bits per heavy atom. The topological polar surface area (TPSA) is 29.5 Å². The van der Waals surface area contributed by atoms with Gasteiger partial charge in [0.25, 0.3) is 0 Å². The fourth-order valence-electron chi connectivity index (χ4n) is 2.99. The van der Waals surface area contributed by atoms with Crippen molar-refractivity contribution in [2.24, 2.45) is 0 Å². The highest BCUT2D eigenvalue weighted by atomic mass is 16.5. The SMILES string of the molecule is [2H][C@H]1[C@@H]([2H])C=C(C(OC)(c2ccccc2)c2ccccc2)[C@@H]1O. The molecule has 0 spiro atoms. The monoisotopic (exact) mass is 282 g/mol. The summed E-state index contributed by atoms with van der Waals surface area (Å²) in [4.78, 5) is 0. The van der Waals surface area contributed by atoms with E-state index in [4.69, 9.17) is 7.48 Å². The summed E-state index contributed by atoms with van der Waals surface area (Å²) in [6.45, 7) is 0. The molecule has 1 aliphatic rings. The van der Waals surface area contributed by atoms with Gasteiger partial charge in [-0.2, -0.15) is 0 Å². The van der Waals surface area contributed by atoms with E-state index in [9.17, 15) is 5.11 Å². The summed E-state index contributed by atoms with van der Waals surface area (Å²) in [6, 6.07) is 19.3. The molecule has 0 fully saturated rings. The third kappa shape index (κ3) is 2.31. The number of benzene rings is 2. The maximum atomic E-state index is 10.6. The molecule has 0 amide bonds. The van der Waals surface area contributed by atoms with Gasteiger partial charge in [-0.15, -0.1) is 0 Å². The lowest BCUT2D eigenvalue weighted by molar-refractivity contribution is 0.0335. The molecule has 2 nitrogen and oxygen atoms in total. The molecule has 0 aromatic heterocycles. The lowest BCUT2D eigenvalue weighted by Crippen LogP contribution is -2.36. The standard InChI is InChI=1S/C19H20O2/c1-21-19(15-9-4-2-5-10-15,16-11-6-3-7-12-16)17-13-8-14-18(17)20/h2-7,9-13,18,20H,8,14H2,1H3/t18-/m1/s1/i8D,14D/t8-,14-,18+/m0. The van der Waals surface area contributed by atoms with Crippen LogP contribution in [0.3, 0.4) is 0 Å². The van der Waals surface area contributed by atoms with Crippen LogP contribution in [-0.2, 0) is 10.3 Å². The molecule has 1 N–H and O–H groups in total. The summed E-state index contributed by atoms with van der Waals surface area (Å²) in [5.74, 6) is 0. The Kier molecular flexibility index (Phi) is 3.26. The first-order valence-electron chi connectivity index (χ1n) is 8.17. The Morgan fingerprint density at radius 3 is 1.95 bits per heavy atom. The van der Waals surface area contributed by atoms with Crippen molar-refractivity contribution in [1.29, 1.82) is 0 Å². The van der Waals surface area contributed by atoms with E-state index in [0.29, 0.717) is 5.57 Å². The predicted molar refractivity (Wildman–Crippen MR) is 84.0 cm³/mol. The minimum atomic E-state index is -1.03. The maximum absolute atomic E-state index is 10.6. The Labute approximate surface area is 128 Å². The molecule has 21 heavy (non-hydrogen) atoms. The number of hydrogen-bond donors (Lipinski definition) is 1. The summed E-state index contributed by atoms with van der Waals surface area (Å²) >= 11 is 0. The number of methoxy groups -OCH3 is 1. The van der Waals surface area contributed by atoms with E-state index in [-0.39, 0.29) is 0 Å². The molecule has 0 heterocycles. The van der Waals surface area contributed by atoms with Gasteiger partial charge in [0.2, 0.25) is 0 Å². The molecule has 3 atom stereocenters. The Morgan fingerprint density at radius 1 is 1.05 bits per heavy atom. The van der Waals surface area contributed by atoms with Gasteiger partial charge in [0.05, 0.1) is 6.10 Å². The van der Waals surface area contributed by atoms with E-state index in [1.54, 1.807) is 13.2 Å². The highest BCUT2D eigenvalue weighted by Gasteiger charge is 2.42. The number of rotatable bonds is 4. The van der Waals surface area contributed by atoms with Crippen LogP contribution in [-0.4, -0.2) is 18.3 Å². The highest BCUT2D eigenvalue weighted by Crippen LogP contribution is 2.44. The number of aliphatic hydroxyl groups is 1. The van der Waals surface area contributed by atoms with Crippen molar-refractivity contribution < 1.29 is 12.6 Å². The van der Waals surface area contributed by atoms with Gasteiger partial charge in [0, 0.05) is 9.85 Å². The van der Waals surface area contributed by atoms with Crippen molar-refractivity contribution in [3.8, 4) is 0 Å². The van der Waals surface area contributed by atoms with Crippen LogP contribution in [0.5, 0.6) is 0 Å². The molecule has 3 rings (SSSR count). The third-order valence-corrected chi connectivity index (χ3v) is 3.96. The average Bonchev–Trinajstić information content (AvgIpc) is 2.86. The minimum absolute atomic E-state index is 0.567. The van der Waals surface area contributed by atoms with Gasteiger partial charge < -0.3 is 9.84 Å². The normalized spacial score (nSPS) is 27.0. The second-order valence-electron chi connectivity index (χ2n) is 5.07. The number of ether oxygens (including phenoxy) is 1. The fraction of sp³-hybridized carbons (Fsp3) is 0.263. The first-order valence-corrected chi connectivity index (χ1v) is 7.02. The van der Waals surface area contributed by atoms with Crippen molar-refractivity contribution >= 4 is 0 Å². The van der Waals surface area contributed by atoms with E-state index in [1.807, 2.05) is 60.7 Å². The van der Waals surface area contributed by atoms with Crippen LogP contribution < -0.4 is 0 Å². The molecular formula is C19H20O2. The molecule has 108 valence electrons. The predicted octanol–water partition coefficient (Wildman–Crippen LogP) is 3.66. The van der Waals surface area contributed by atoms with E-state index in [0.717, 1.165) is 11.1 Å². The largest absolute Gasteiger partial charge is 0.389 e. The molecule has 0 bridgehead atoms. The summed E-state index contributed by atoms with van der Waals surface area (Å²) < 4.78 is 22.0. The molecule has 0 saturated carbocycles. The van der Waals surface area contributed by atoms with Gasteiger partial charge in [-0.05, 0) is 29.5 Å². The zero-order valence-corrected chi connectivity index (χ0v) is 11.9. The maximum Gasteiger partial charge on any atom is 0.141 e. The molecule has 0 unspecified atom stereocenters. The molecule has 2 aromatic rings. The van der Waals surface area contributed by atoms with Crippen LogP contribution in [0.25, 0.3) is 0 Å². The zero-order valence-electron chi connectivity index (χ0n) is 13.9. The van der Waals surface area contributed by atoms with Gasteiger partial charge in [-0.3, -0.25) is 0 Å². The minimum Gasteiger partial charge on any atom is -0.389 e. The lowest BCUT2D eigenvalue weighted by atomic mass is 9.78. The van der Waals surface area contributed by atoms with Crippen LogP contribution in [0.2, 0.25) is 0 Å². The zero-order chi connectivity index (χ0) is 16.4. The van der Waals surface area contributed by atoms with Gasteiger partial charge >= 0.3 is 0 Å². The Balaban J connectivity index is 2.25. The third-order valence-electron chi connectivity index (χ3n) is 3.96. The Bertz CT molecular complexity index is 646. The lowest BCUT2D eigenvalue weighted by Gasteiger charge is -2.36.